The number of rotatable bonds is 5. The Balaban J connectivity index is 1.46. The third kappa shape index (κ3) is 4.95. The second-order valence-electron chi connectivity index (χ2n) is 6.32. The molecular weight excluding hydrogens is 357 g/mol. The van der Waals surface area contributed by atoms with E-state index in [9.17, 15) is 14.0 Å². The number of anilines is 1. The van der Waals surface area contributed by atoms with Gasteiger partial charge in [0, 0.05) is 42.7 Å². The standard InChI is InChI=1S/C19H19ClFN3O2/c20-15-2-1-3-17(9-15)23-19(26)22-10-14-8-18(25)24(12-14)11-13-4-6-16(21)7-5-13/h1-7,9,14H,8,10-12H2,(H2,22,23,26)/t14-/m0/s1. The minimum absolute atomic E-state index is 0.0383. The highest BCUT2D eigenvalue weighted by molar-refractivity contribution is 6.30. The zero-order chi connectivity index (χ0) is 18.5. The van der Waals surface area contributed by atoms with Crippen LogP contribution in [0.2, 0.25) is 5.02 Å². The summed E-state index contributed by atoms with van der Waals surface area (Å²) in [6, 6.07) is 12.7. The molecule has 1 heterocycles. The number of carbonyl (C=O) groups excluding carboxylic acids is 2. The maximum Gasteiger partial charge on any atom is 0.319 e. The van der Waals surface area contributed by atoms with Crippen molar-refractivity contribution in [1.82, 2.24) is 10.2 Å². The van der Waals surface area contributed by atoms with Gasteiger partial charge in [0.1, 0.15) is 5.82 Å². The third-order valence-electron chi connectivity index (χ3n) is 4.22. The predicted molar refractivity (Wildman–Crippen MR) is 98.4 cm³/mol. The van der Waals surface area contributed by atoms with Gasteiger partial charge >= 0.3 is 6.03 Å². The Kier molecular flexibility index (Phi) is 5.73. The molecule has 1 saturated heterocycles. The van der Waals surface area contributed by atoms with Gasteiger partial charge in [0.25, 0.3) is 0 Å². The molecule has 0 aliphatic carbocycles. The fourth-order valence-electron chi connectivity index (χ4n) is 2.93. The molecule has 0 bridgehead atoms. The SMILES string of the molecule is O=C(NC[C@@H]1CC(=O)N(Cc2ccc(F)cc2)C1)Nc1cccc(Cl)c1. The minimum Gasteiger partial charge on any atom is -0.338 e. The van der Waals surface area contributed by atoms with E-state index >= 15 is 0 Å². The molecule has 1 atom stereocenters. The molecule has 2 aromatic carbocycles. The number of benzene rings is 2. The van der Waals surface area contributed by atoms with Gasteiger partial charge in [-0.2, -0.15) is 0 Å². The van der Waals surface area contributed by atoms with E-state index in [1.807, 2.05) is 0 Å². The Morgan fingerprint density at radius 3 is 2.73 bits per heavy atom. The summed E-state index contributed by atoms with van der Waals surface area (Å²) in [4.78, 5) is 25.8. The summed E-state index contributed by atoms with van der Waals surface area (Å²) in [6.07, 6.45) is 0.388. The van der Waals surface area contributed by atoms with Crippen molar-refractivity contribution < 1.29 is 14.0 Å². The molecule has 3 amide bonds. The Morgan fingerprint density at radius 1 is 1.23 bits per heavy atom. The smallest absolute Gasteiger partial charge is 0.319 e. The van der Waals surface area contributed by atoms with E-state index in [0.717, 1.165) is 5.56 Å². The summed E-state index contributed by atoms with van der Waals surface area (Å²) in [5.41, 5.74) is 1.49. The molecule has 26 heavy (non-hydrogen) atoms. The molecule has 0 saturated carbocycles. The number of amides is 3. The minimum atomic E-state index is -0.336. The molecule has 1 aliphatic rings. The van der Waals surface area contributed by atoms with Gasteiger partial charge in [0.15, 0.2) is 0 Å². The van der Waals surface area contributed by atoms with Gasteiger partial charge in [-0.3, -0.25) is 4.79 Å². The molecule has 1 aliphatic heterocycles. The first-order valence-corrected chi connectivity index (χ1v) is 8.70. The first-order chi connectivity index (χ1) is 12.5. The van der Waals surface area contributed by atoms with Crippen molar-refractivity contribution in [2.24, 2.45) is 5.92 Å². The van der Waals surface area contributed by atoms with Gasteiger partial charge < -0.3 is 15.5 Å². The molecule has 7 heteroatoms. The van der Waals surface area contributed by atoms with Gasteiger partial charge in [-0.05, 0) is 35.9 Å². The number of halogens is 2. The first kappa shape index (κ1) is 18.2. The van der Waals surface area contributed by atoms with Crippen LogP contribution in [0.1, 0.15) is 12.0 Å². The maximum atomic E-state index is 13.0. The van der Waals surface area contributed by atoms with Gasteiger partial charge in [-0.15, -0.1) is 0 Å². The molecule has 0 aromatic heterocycles. The molecule has 0 unspecified atom stereocenters. The largest absolute Gasteiger partial charge is 0.338 e. The lowest BCUT2D eigenvalue weighted by Gasteiger charge is -2.17. The van der Waals surface area contributed by atoms with E-state index < -0.39 is 0 Å². The van der Waals surface area contributed by atoms with Crippen LogP contribution in [0.15, 0.2) is 48.5 Å². The van der Waals surface area contributed by atoms with Gasteiger partial charge in [0.05, 0.1) is 0 Å². The van der Waals surface area contributed by atoms with Crippen molar-refractivity contribution in [3.8, 4) is 0 Å². The molecule has 3 rings (SSSR count). The van der Waals surface area contributed by atoms with Crippen molar-refractivity contribution in [2.75, 3.05) is 18.4 Å². The summed E-state index contributed by atoms with van der Waals surface area (Å²) < 4.78 is 13.0. The Morgan fingerprint density at radius 2 is 2.00 bits per heavy atom. The average molecular weight is 376 g/mol. The highest BCUT2D eigenvalue weighted by atomic mass is 35.5. The van der Waals surface area contributed by atoms with Crippen LogP contribution in [0.3, 0.4) is 0 Å². The normalized spacial score (nSPS) is 16.6. The molecule has 5 nitrogen and oxygen atoms in total. The van der Waals surface area contributed by atoms with Crippen LogP contribution in [-0.4, -0.2) is 29.9 Å². The number of carbonyl (C=O) groups is 2. The number of urea groups is 1. The van der Waals surface area contributed by atoms with Crippen LogP contribution in [0.4, 0.5) is 14.9 Å². The fourth-order valence-corrected chi connectivity index (χ4v) is 3.12. The third-order valence-corrected chi connectivity index (χ3v) is 4.45. The summed E-state index contributed by atoms with van der Waals surface area (Å²) in [5, 5.41) is 6.03. The summed E-state index contributed by atoms with van der Waals surface area (Å²) in [5.74, 6) is -0.210. The van der Waals surface area contributed by atoms with Gasteiger partial charge in [0.2, 0.25) is 5.91 Å². The van der Waals surface area contributed by atoms with Gasteiger partial charge in [-0.1, -0.05) is 29.8 Å². The molecule has 0 spiro atoms. The first-order valence-electron chi connectivity index (χ1n) is 8.32. The van der Waals surface area contributed by atoms with Crippen molar-refractivity contribution in [3.63, 3.8) is 0 Å². The predicted octanol–water partition coefficient (Wildman–Crippen LogP) is 3.65. The quantitative estimate of drug-likeness (QED) is 0.838. The van der Waals surface area contributed by atoms with Crippen molar-refractivity contribution >= 4 is 29.2 Å². The summed E-state index contributed by atoms with van der Waals surface area (Å²) >= 11 is 5.88. The molecule has 2 aromatic rings. The number of likely N-dealkylation sites (tertiary alicyclic amines) is 1. The Labute approximate surface area is 156 Å². The highest BCUT2D eigenvalue weighted by Gasteiger charge is 2.29. The Bertz CT molecular complexity index is 798. The zero-order valence-corrected chi connectivity index (χ0v) is 14.8. The number of hydrogen-bond acceptors (Lipinski definition) is 2. The number of nitrogens with one attached hydrogen (secondary N) is 2. The van der Waals surface area contributed by atoms with Crippen LogP contribution >= 0.6 is 11.6 Å². The van der Waals surface area contributed by atoms with Crippen molar-refractivity contribution in [3.05, 3.63) is 64.9 Å². The molecule has 0 radical (unpaired) electrons. The lowest BCUT2D eigenvalue weighted by molar-refractivity contribution is -0.128. The van der Waals surface area contributed by atoms with E-state index in [1.54, 1.807) is 41.3 Å². The summed E-state index contributed by atoms with van der Waals surface area (Å²) in [6.45, 7) is 1.41. The second kappa shape index (κ2) is 8.19. The fraction of sp³-hybridized carbons (Fsp3) is 0.263. The monoisotopic (exact) mass is 375 g/mol. The molecule has 136 valence electrons. The van der Waals surface area contributed by atoms with Crippen LogP contribution < -0.4 is 10.6 Å². The molecule has 2 N–H and O–H groups in total. The highest BCUT2D eigenvalue weighted by Crippen LogP contribution is 2.20. The second-order valence-corrected chi connectivity index (χ2v) is 6.75. The van der Waals surface area contributed by atoms with Crippen LogP contribution in [0, 0.1) is 11.7 Å². The Hall–Kier alpha value is -2.60. The molecule has 1 fully saturated rings. The van der Waals surface area contributed by atoms with E-state index in [4.69, 9.17) is 11.6 Å². The maximum absolute atomic E-state index is 13.0. The number of hydrogen-bond donors (Lipinski definition) is 2. The van der Waals surface area contributed by atoms with Crippen LogP contribution in [-0.2, 0) is 11.3 Å². The van der Waals surface area contributed by atoms with Crippen molar-refractivity contribution in [2.45, 2.75) is 13.0 Å². The molecular formula is C19H19ClFN3O2. The topological polar surface area (TPSA) is 61.4 Å². The van der Waals surface area contributed by atoms with E-state index in [2.05, 4.69) is 10.6 Å². The van der Waals surface area contributed by atoms with E-state index in [0.29, 0.717) is 36.8 Å². The van der Waals surface area contributed by atoms with Gasteiger partial charge in [-0.25, -0.2) is 9.18 Å². The lowest BCUT2D eigenvalue weighted by atomic mass is 10.1. The van der Waals surface area contributed by atoms with Crippen LogP contribution in [0.25, 0.3) is 0 Å². The van der Waals surface area contributed by atoms with E-state index in [-0.39, 0.29) is 23.7 Å². The lowest BCUT2D eigenvalue weighted by Crippen LogP contribution is -2.34. The average Bonchev–Trinajstić information content (AvgIpc) is 2.95. The van der Waals surface area contributed by atoms with E-state index in [1.165, 1.54) is 12.1 Å². The zero-order valence-electron chi connectivity index (χ0n) is 14.0. The number of nitrogens with zero attached hydrogens (tertiary/aromatic N) is 1. The van der Waals surface area contributed by atoms with Crippen molar-refractivity contribution in [1.29, 1.82) is 0 Å². The van der Waals surface area contributed by atoms with Crippen LogP contribution in [0.5, 0.6) is 0 Å². The summed E-state index contributed by atoms with van der Waals surface area (Å²) in [7, 11) is 0.